The van der Waals surface area contributed by atoms with Gasteiger partial charge in [-0.15, -0.1) is 0 Å². The Bertz CT molecular complexity index is 3760. The minimum Gasteiger partial charge on any atom is -0.390 e. The molecule has 0 aromatic heterocycles. The number of hydrogen-bond donors (Lipinski definition) is 10. The molecule has 1 amide bonds. The van der Waals surface area contributed by atoms with Crippen LogP contribution >= 0.6 is 0 Å². The Hall–Kier alpha value is -5.87. The van der Waals surface area contributed by atoms with Crippen LogP contribution in [0.2, 0.25) is 0 Å². The lowest BCUT2D eigenvalue weighted by Crippen LogP contribution is -2.69. The van der Waals surface area contributed by atoms with Crippen LogP contribution in [0, 0.1) is 91.2 Å². The van der Waals surface area contributed by atoms with Gasteiger partial charge < -0.3 is 79.7 Å². The van der Waals surface area contributed by atoms with Crippen LogP contribution in [0.1, 0.15) is 139 Å². The molecule has 0 aliphatic heterocycles. The van der Waals surface area contributed by atoms with Crippen LogP contribution in [-0.4, -0.2) is 282 Å². The summed E-state index contributed by atoms with van der Waals surface area (Å²) in [7, 11) is 1.52. The molecule has 0 spiro atoms. The standard InChI is InChI=1S/C87H121F3N4O22/c1-50-27-65-62-14-11-53-30-56(17-20-75(53,4)82(62,88)68(101)33-78(65,7)85(50,108)71(104)39-95)92-36-59(98)42-113-46-81(49-116-45-74(107)91-23-24-112-26-25-111-10,47-114-43-60(99)37-93-57-18-21-76(5)54(31-57)12-15-63-66-28-51(2)86(109,72(105)40-96)79(66,8)34-69(102)83(63,76)89)48-115-44-61(100)38-94-58-19-22-77(6)55(32-58)13-16-64-67-29-52(3)87(110,73(106)41-97)80(67,9)35-70(103)84(64,77)90/h17-22,30-32,50-52,62-70,95-97,101-103,108-110H,11-16,23-29,33-49H2,1-10H3,(H,91,107)/t50-,51-,52-,62+,63+,64+,65+,66+,67+,68+,69+,70+,75+,76+,77+,78+,79+,80+,81?,82+,83+,84+,85+,86+,87+/m1/s1. The minimum absolute atomic E-state index is 0.120. The molecule has 26 nitrogen and oxygen atoms in total. The number of halogens is 3. The lowest BCUT2D eigenvalue weighted by molar-refractivity contribution is -0.219. The predicted molar refractivity (Wildman–Crippen MR) is 418 cm³/mol. The summed E-state index contributed by atoms with van der Waals surface area (Å²) in [6.07, 6.45) is 12.3. The van der Waals surface area contributed by atoms with E-state index < -0.39 is 270 Å². The number of amides is 1. The summed E-state index contributed by atoms with van der Waals surface area (Å²) in [5.74, 6) is -9.93. The number of carbonyl (C=O) groups is 7. The van der Waals surface area contributed by atoms with Crippen LogP contribution in [0.3, 0.4) is 0 Å². The number of carbonyl (C=O) groups excluding carboxylic acids is 7. The molecule has 0 heterocycles. The number of alkyl halides is 3. The number of nitrogens with zero attached hydrogens (tertiary/aromatic N) is 3. The van der Waals surface area contributed by atoms with Gasteiger partial charge in [0.2, 0.25) is 5.91 Å². The molecule has 0 saturated heterocycles. The number of aliphatic hydroxyl groups excluding tert-OH is 6. The van der Waals surface area contributed by atoms with Gasteiger partial charge in [0.15, 0.2) is 51.7 Å². The van der Waals surface area contributed by atoms with Gasteiger partial charge in [0.1, 0.15) is 82.7 Å². The third-order valence-corrected chi connectivity index (χ3v) is 31.4. The zero-order valence-corrected chi connectivity index (χ0v) is 68.6. The van der Waals surface area contributed by atoms with Crippen molar-refractivity contribution >= 4 is 57.7 Å². The average Bonchev–Trinajstić information content (AvgIpc) is 1.40. The molecular formula is C87H121F3N4O22. The Morgan fingerprint density at radius 2 is 0.759 bits per heavy atom. The number of aliphatic imine (C=N–C) groups is 3. The van der Waals surface area contributed by atoms with Gasteiger partial charge in [-0.25, -0.2) is 13.2 Å². The van der Waals surface area contributed by atoms with Gasteiger partial charge in [-0.3, -0.25) is 48.5 Å². The monoisotopic (exact) mass is 1630 g/mol. The molecular weight excluding hydrogens is 1510 g/mol. The van der Waals surface area contributed by atoms with Gasteiger partial charge in [0.25, 0.3) is 0 Å². The van der Waals surface area contributed by atoms with E-state index in [1.54, 1.807) is 117 Å². The number of methoxy groups -OCH3 is 1. The highest BCUT2D eigenvalue weighted by molar-refractivity contribution is 6.08. The Morgan fingerprint density at radius 1 is 0.457 bits per heavy atom. The highest BCUT2D eigenvalue weighted by Crippen LogP contribution is 2.75. The van der Waals surface area contributed by atoms with E-state index in [0.717, 1.165) is 0 Å². The SMILES string of the molecule is COCCOCCNC(=O)COCC(COCC(=O)CN=C1C=C[C@@]2(C)C(=C1)CC[C@H]1[C@@H]3C[C@@H](C)[C@](O)(C(=O)CO)[C@@]3(C)C[C@H](O)[C@@]12F)(COCC(=O)CN=C1C=C[C@@]2(C)C(=C1)CC[C@H]1[C@@H]3C[C@@H](C)[C@](O)(C(=O)CO)[C@@]3(C)C[C@H](O)[C@@]12F)COCC(=O)CN=C1C=C[C@@]2(C)C(=C1)CC[C@H]1[C@@H]3C[C@@H](C)[C@](O)(C(=O)CO)[C@@]3(C)C[C@H](O)[C@@]12F. The Morgan fingerprint density at radius 3 is 1.05 bits per heavy atom. The summed E-state index contributed by atoms with van der Waals surface area (Å²) in [5.41, 5.74) is -18.7. The summed E-state index contributed by atoms with van der Waals surface area (Å²) in [6, 6.07) is 0. The second-order valence-corrected chi connectivity index (χ2v) is 37.3. The zero-order valence-electron chi connectivity index (χ0n) is 68.6. The number of ether oxygens (including phenoxy) is 6. The van der Waals surface area contributed by atoms with Crippen molar-refractivity contribution in [1.82, 2.24) is 5.32 Å². The van der Waals surface area contributed by atoms with Gasteiger partial charge in [-0.2, -0.15) is 0 Å². The van der Waals surface area contributed by atoms with E-state index in [1.807, 2.05) is 0 Å². The number of rotatable bonds is 34. The smallest absolute Gasteiger partial charge is 0.246 e. The van der Waals surface area contributed by atoms with Gasteiger partial charge >= 0.3 is 0 Å². The first-order chi connectivity index (χ1) is 54.6. The van der Waals surface area contributed by atoms with Crippen LogP contribution in [0.5, 0.6) is 0 Å². The van der Waals surface area contributed by atoms with Gasteiger partial charge in [-0.1, -0.05) is 76.5 Å². The lowest BCUT2D eigenvalue weighted by Gasteiger charge is -2.62. The highest BCUT2D eigenvalue weighted by Gasteiger charge is 2.79. The van der Waals surface area contributed by atoms with Crippen molar-refractivity contribution in [2.45, 2.75) is 191 Å². The number of aliphatic hydroxyl groups is 9. The Labute approximate surface area is 676 Å². The zero-order chi connectivity index (χ0) is 84.6. The van der Waals surface area contributed by atoms with Crippen LogP contribution in [0.15, 0.2) is 86.4 Å². The number of ketones is 6. The first-order valence-electron chi connectivity index (χ1n) is 41.3. The third-order valence-electron chi connectivity index (χ3n) is 31.4. The molecule has 0 bridgehead atoms. The van der Waals surface area contributed by atoms with Crippen LogP contribution < -0.4 is 5.32 Å². The van der Waals surface area contributed by atoms with E-state index in [1.165, 1.54) is 7.11 Å². The molecule has 0 aromatic carbocycles. The van der Waals surface area contributed by atoms with Crippen LogP contribution in [0.4, 0.5) is 13.2 Å². The molecule has 116 heavy (non-hydrogen) atoms. The summed E-state index contributed by atoms with van der Waals surface area (Å²) >= 11 is 0. The molecule has 9 fully saturated rings. The average molecular weight is 1630 g/mol. The Kier molecular flexibility index (Phi) is 25.6. The predicted octanol–water partition coefficient (Wildman–Crippen LogP) is 4.87. The summed E-state index contributed by atoms with van der Waals surface area (Å²) in [4.78, 5) is 109. The fourth-order valence-corrected chi connectivity index (χ4v) is 25.1. The van der Waals surface area contributed by atoms with E-state index in [-0.39, 0.29) is 64.9 Å². The fraction of sp³-hybridized carbons (Fsp3) is 0.747. The van der Waals surface area contributed by atoms with Crippen molar-refractivity contribution in [2.75, 3.05) is 126 Å². The largest absolute Gasteiger partial charge is 0.390 e. The molecule has 0 radical (unpaired) electrons. The molecule has 0 unspecified atom stereocenters. The van der Waals surface area contributed by atoms with Crippen molar-refractivity contribution in [3.8, 4) is 0 Å². The molecule has 10 N–H and O–H groups in total. The van der Waals surface area contributed by atoms with Crippen molar-refractivity contribution < 1.29 is 121 Å². The number of allylic oxidation sites excluding steroid dienone is 12. The normalized spacial score (nSPS) is 43.1. The van der Waals surface area contributed by atoms with E-state index in [9.17, 15) is 79.5 Å². The maximum atomic E-state index is 18.3. The topological polar surface area (TPSA) is 406 Å². The first kappa shape index (κ1) is 89.4. The molecule has 12 aliphatic carbocycles. The number of hydrogen-bond acceptors (Lipinski definition) is 25. The second kappa shape index (κ2) is 33.2. The molecule has 12 rings (SSSR count). The fourth-order valence-electron chi connectivity index (χ4n) is 25.1. The van der Waals surface area contributed by atoms with E-state index in [4.69, 9.17) is 28.4 Å². The molecule has 29 heteroatoms. The van der Waals surface area contributed by atoms with Crippen molar-refractivity contribution in [1.29, 1.82) is 0 Å². The molecule has 12 aliphatic rings. The number of Topliss-reactive ketones (excluding diaryl/α,β-unsaturated/α-hetero) is 6. The third kappa shape index (κ3) is 14.1. The molecule has 24 atom stereocenters. The van der Waals surface area contributed by atoms with Gasteiger partial charge in [0.05, 0.1) is 87.1 Å². The van der Waals surface area contributed by atoms with Gasteiger partial charge in [-0.05, 0) is 170 Å². The lowest BCUT2D eigenvalue weighted by atomic mass is 9.44. The Balaban J connectivity index is 0.742. The maximum Gasteiger partial charge on any atom is 0.246 e. The van der Waals surface area contributed by atoms with Crippen LogP contribution in [-0.2, 0) is 62.0 Å². The molecule has 0 aromatic rings. The van der Waals surface area contributed by atoms with Crippen molar-refractivity contribution in [3.05, 3.63) is 71.4 Å². The highest BCUT2D eigenvalue weighted by atomic mass is 19.2. The van der Waals surface area contributed by atoms with E-state index in [0.29, 0.717) is 79.0 Å². The van der Waals surface area contributed by atoms with Crippen molar-refractivity contribution in [3.63, 3.8) is 0 Å². The summed E-state index contributed by atoms with van der Waals surface area (Å²) < 4.78 is 89.9. The quantitative estimate of drug-likeness (QED) is 0.0384. The maximum absolute atomic E-state index is 18.3. The van der Waals surface area contributed by atoms with Crippen molar-refractivity contribution in [2.24, 2.45) is 106 Å². The summed E-state index contributed by atoms with van der Waals surface area (Å²) in [5, 5.41) is 104. The number of nitrogens with one attached hydrogen (secondary N) is 1. The summed E-state index contributed by atoms with van der Waals surface area (Å²) in [6.45, 7) is 8.59. The second-order valence-electron chi connectivity index (χ2n) is 37.3. The molecule has 642 valence electrons. The van der Waals surface area contributed by atoms with Gasteiger partial charge in [0, 0.05) is 63.9 Å². The first-order valence-corrected chi connectivity index (χ1v) is 41.3. The van der Waals surface area contributed by atoms with Crippen LogP contribution in [0.25, 0.3) is 0 Å². The number of fused-ring (bicyclic) bond motifs is 15. The van der Waals surface area contributed by atoms with E-state index in [2.05, 4.69) is 20.3 Å². The van der Waals surface area contributed by atoms with E-state index >= 15 is 13.2 Å². The molecule has 9 saturated carbocycles. The minimum atomic E-state index is -2.22.